The minimum Gasteiger partial charge on any atom is -0.388 e. The zero-order valence-electron chi connectivity index (χ0n) is 35.1. The van der Waals surface area contributed by atoms with Crippen LogP contribution < -0.4 is 21.3 Å². The summed E-state index contributed by atoms with van der Waals surface area (Å²) >= 11 is 0.999. The number of ketones is 1. The number of alkyl halides is 6. The van der Waals surface area contributed by atoms with Crippen LogP contribution in [0.4, 0.5) is 38.0 Å². The van der Waals surface area contributed by atoms with E-state index < -0.39 is 101 Å². The maximum Gasteiger partial charge on any atom is 0.419 e. The second-order valence-electron chi connectivity index (χ2n) is 14.7. The van der Waals surface area contributed by atoms with Crippen LogP contribution in [-0.4, -0.2) is 187 Å². The Kier molecular flexibility index (Phi) is 21.8. The molecule has 0 radical (unpaired) electrons. The molecule has 0 saturated carbocycles. The number of carbonyl (C=O) groups is 3. The lowest BCUT2D eigenvalue weighted by Gasteiger charge is -2.38. The largest absolute Gasteiger partial charge is 0.419 e. The molecule has 2 saturated heterocycles. The predicted octanol–water partition coefficient (Wildman–Crippen LogP) is 0.396. The molecule has 9 atom stereocenters. The summed E-state index contributed by atoms with van der Waals surface area (Å²) in [5.41, 5.74) is -2.07. The van der Waals surface area contributed by atoms with E-state index in [1.165, 1.54) is 6.92 Å². The van der Waals surface area contributed by atoms with Crippen molar-refractivity contribution < 1.29 is 89.6 Å². The maximum absolute atomic E-state index is 13.3. The first-order valence-electron chi connectivity index (χ1n) is 20.4. The quantitative estimate of drug-likeness (QED) is 0.0469. The van der Waals surface area contributed by atoms with E-state index in [9.17, 15) is 61.2 Å². The van der Waals surface area contributed by atoms with E-state index in [4.69, 9.17) is 28.4 Å². The second kappa shape index (κ2) is 26.4. The first kappa shape index (κ1) is 53.7. The molecule has 2 aromatic rings. The summed E-state index contributed by atoms with van der Waals surface area (Å²) in [5, 5.41) is 51.4. The van der Waals surface area contributed by atoms with Gasteiger partial charge in [0.2, 0.25) is 11.8 Å². The fraction of sp³-hybridized carbons (Fsp3) is 0.667. The fourth-order valence-electron chi connectivity index (χ4n) is 6.31. The van der Waals surface area contributed by atoms with Crippen molar-refractivity contribution in [1.29, 1.82) is 0 Å². The van der Waals surface area contributed by atoms with Gasteiger partial charge >= 0.3 is 12.4 Å². The molecule has 0 spiro atoms. The van der Waals surface area contributed by atoms with Crippen molar-refractivity contribution in [2.45, 2.75) is 79.7 Å². The number of aliphatic hydroxyl groups is 4. The average Bonchev–Trinajstić information content (AvgIpc) is 3.25. The van der Waals surface area contributed by atoms with Gasteiger partial charge in [-0.1, -0.05) is 0 Å². The summed E-state index contributed by atoms with van der Waals surface area (Å²) in [4.78, 5) is 44.5. The van der Waals surface area contributed by atoms with Crippen LogP contribution in [0.15, 0.2) is 36.7 Å². The molecule has 4 rings (SSSR count). The Balaban J connectivity index is 1.03. The van der Waals surface area contributed by atoms with Crippen molar-refractivity contribution in [2.75, 3.05) is 95.5 Å². The van der Waals surface area contributed by atoms with Gasteiger partial charge in [0.05, 0.1) is 100 Å². The molecule has 0 aromatic carbocycles. The second-order valence-corrected chi connectivity index (χ2v) is 15.9. The fourth-order valence-corrected chi connectivity index (χ4v) is 7.25. The molecule has 26 heteroatoms. The topological polar surface area (TPSA) is 261 Å². The molecule has 1 unspecified atom stereocenters. The summed E-state index contributed by atoms with van der Waals surface area (Å²) < 4.78 is 113. The van der Waals surface area contributed by atoms with Gasteiger partial charge in [-0.05, 0) is 31.2 Å². The highest BCUT2D eigenvalue weighted by atomic mass is 32.2. The van der Waals surface area contributed by atoms with Crippen LogP contribution in [0.1, 0.15) is 24.5 Å². The van der Waals surface area contributed by atoms with Crippen molar-refractivity contribution in [3.8, 4) is 0 Å². The number of nitrogens with one attached hydrogen (secondary N) is 4. The van der Waals surface area contributed by atoms with Crippen molar-refractivity contribution in [2.24, 2.45) is 0 Å². The van der Waals surface area contributed by atoms with Crippen LogP contribution in [0.2, 0.25) is 0 Å². The Hall–Kier alpha value is -3.96. The van der Waals surface area contributed by atoms with Gasteiger partial charge in [0.1, 0.15) is 54.0 Å². The zero-order chi connectivity index (χ0) is 47.6. The molecule has 65 heavy (non-hydrogen) atoms. The van der Waals surface area contributed by atoms with Crippen molar-refractivity contribution in [3.63, 3.8) is 0 Å². The number of aliphatic hydroxyl groups excluding tert-OH is 4. The third-order valence-electron chi connectivity index (χ3n) is 9.71. The van der Waals surface area contributed by atoms with E-state index >= 15 is 0 Å². The van der Waals surface area contributed by atoms with Gasteiger partial charge < -0.3 is 70.1 Å². The van der Waals surface area contributed by atoms with Crippen molar-refractivity contribution in [1.82, 2.24) is 20.6 Å². The molecule has 2 fully saturated rings. The van der Waals surface area contributed by atoms with E-state index in [0.29, 0.717) is 0 Å². The first-order chi connectivity index (χ1) is 30.9. The highest BCUT2D eigenvalue weighted by Crippen LogP contribution is 2.35. The number of carbonyl (C=O) groups excluding carboxylic acids is 3. The highest BCUT2D eigenvalue weighted by molar-refractivity contribution is 8.01. The Morgan fingerprint density at radius 3 is 1.60 bits per heavy atom. The van der Waals surface area contributed by atoms with E-state index in [-0.39, 0.29) is 97.1 Å². The summed E-state index contributed by atoms with van der Waals surface area (Å²) in [6.45, 7) is 1.06. The number of amides is 2. The van der Waals surface area contributed by atoms with Gasteiger partial charge in [0, 0.05) is 31.9 Å². The van der Waals surface area contributed by atoms with E-state index in [0.717, 1.165) is 48.4 Å². The lowest BCUT2D eigenvalue weighted by molar-refractivity contribution is -0.161. The normalized spacial score (nSPS) is 24.2. The first-order valence-corrected chi connectivity index (χ1v) is 21.4. The summed E-state index contributed by atoms with van der Waals surface area (Å²) in [7, 11) is 0. The van der Waals surface area contributed by atoms with Crippen molar-refractivity contribution >= 4 is 41.0 Å². The monoisotopic (exact) mass is 960 g/mol. The Morgan fingerprint density at radius 2 is 1.15 bits per heavy atom. The SMILES string of the molecule is CC(=O)CSC(CC(=O)NCCOCCOC[C@H]1OC[C@H](Nc2ncccc2C(F)(F)F)[C@@H](O)[C@H]1O)C(=O)NCCOCCOC[C@H]1OC[C@H](Nc2ncccc2C(F)(F)F)[C@@H](O)[C@H]1O. The number of rotatable bonds is 26. The molecule has 0 bridgehead atoms. The molecule has 8 N–H and O–H groups in total. The zero-order valence-corrected chi connectivity index (χ0v) is 35.9. The summed E-state index contributed by atoms with van der Waals surface area (Å²) in [6.07, 6.45) is -15.2. The molecular formula is C39H54F6N6O13S. The number of anilines is 2. The number of nitrogens with zero attached hydrogens (tertiary/aromatic N) is 2. The van der Waals surface area contributed by atoms with Gasteiger partial charge in [0.15, 0.2) is 0 Å². The minimum absolute atomic E-state index is 0.00747. The third kappa shape index (κ3) is 17.7. The smallest absolute Gasteiger partial charge is 0.388 e. The molecular weight excluding hydrogens is 907 g/mol. The Labute approximate surface area is 373 Å². The number of hydrogen-bond acceptors (Lipinski definition) is 18. The number of pyridine rings is 2. The lowest BCUT2D eigenvalue weighted by Crippen LogP contribution is -2.57. The number of Topliss-reactive ketones (excluding diaryl/α,β-unsaturated/α-hetero) is 1. The van der Waals surface area contributed by atoms with E-state index in [1.54, 1.807) is 0 Å². The highest BCUT2D eigenvalue weighted by Gasteiger charge is 2.42. The van der Waals surface area contributed by atoms with Gasteiger partial charge in [-0.25, -0.2) is 9.97 Å². The number of hydrogen-bond donors (Lipinski definition) is 8. The van der Waals surface area contributed by atoms with E-state index in [2.05, 4.69) is 31.2 Å². The van der Waals surface area contributed by atoms with Crippen LogP contribution >= 0.6 is 11.8 Å². The van der Waals surface area contributed by atoms with Crippen LogP contribution in [0.3, 0.4) is 0 Å². The molecule has 2 aromatic heterocycles. The minimum atomic E-state index is -4.69. The third-order valence-corrected chi connectivity index (χ3v) is 11.1. The van der Waals surface area contributed by atoms with Crippen LogP contribution in [0.5, 0.6) is 0 Å². The van der Waals surface area contributed by atoms with Gasteiger partial charge in [-0.15, -0.1) is 11.8 Å². The Bertz CT molecular complexity index is 1790. The molecule has 0 aliphatic carbocycles. The maximum atomic E-state index is 13.3. The predicted molar refractivity (Wildman–Crippen MR) is 218 cm³/mol. The van der Waals surface area contributed by atoms with Crippen LogP contribution in [0, 0.1) is 0 Å². The molecule has 2 aliphatic heterocycles. The molecule has 2 amide bonds. The molecule has 4 heterocycles. The summed E-state index contributed by atoms with van der Waals surface area (Å²) in [6, 6.07) is 1.77. The van der Waals surface area contributed by atoms with Gasteiger partial charge in [-0.3, -0.25) is 14.4 Å². The van der Waals surface area contributed by atoms with Crippen LogP contribution in [-0.2, 0) is 55.2 Å². The Morgan fingerprint density at radius 1 is 0.708 bits per heavy atom. The van der Waals surface area contributed by atoms with E-state index in [1.807, 2.05) is 0 Å². The molecule has 366 valence electrons. The van der Waals surface area contributed by atoms with Crippen molar-refractivity contribution in [3.05, 3.63) is 47.8 Å². The molecule has 19 nitrogen and oxygen atoms in total. The number of halogens is 6. The van der Waals surface area contributed by atoms with Crippen LogP contribution in [0.25, 0.3) is 0 Å². The lowest BCUT2D eigenvalue weighted by atomic mass is 9.98. The standard InChI is InChI=1S/C39H54F6N6O13S/c1-22(52)21-65-29(37(58)49-9-11-60-13-15-62-20-28-34(57)32(55)26(18-64-28)51-36-24(39(43,44)45)5-3-7-48-36)16-30(53)46-8-10-59-12-14-61-19-27-33(56)31(54)25(17-63-27)50-35-23(38(40,41)42)4-2-6-47-35/h2-7,25-29,31-34,54-57H,8-21H2,1H3,(H,46,53)(H,47,50)(H,48,51)(H,49,58)/t25-,26-,27+,28+,29?,31+,32+,33-,34-/m0/s1. The summed E-state index contributed by atoms with van der Waals surface area (Å²) in [5.74, 6) is -2.19. The van der Waals surface area contributed by atoms with Gasteiger partial charge in [0.25, 0.3) is 0 Å². The number of ether oxygens (including phenoxy) is 6. The average molecular weight is 961 g/mol. The molecule has 2 aliphatic rings. The van der Waals surface area contributed by atoms with Gasteiger partial charge in [-0.2, -0.15) is 26.3 Å². The number of aromatic nitrogens is 2. The number of thioether (sulfide) groups is 1.